The van der Waals surface area contributed by atoms with Gasteiger partial charge in [-0.25, -0.2) is 4.79 Å². The molecule has 6 heteroatoms. The van der Waals surface area contributed by atoms with Gasteiger partial charge >= 0.3 is 6.09 Å². The predicted octanol–water partition coefficient (Wildman–Crippen LogP) is 4.71. The Bertz CT molecular complexity index is 1110. The first-order valence-corrected chi connectivity index (χ1v) is 11.3. The van der Waals surface area contributed by atoms with E-state index in [1.54, 1.807) is 13.3 Å². The average Bonchev–Trinajstić information content (AvgIpc) is 3.21. The molecule has 2 aromatic carbocycles. The van der Waals surface area contributed by atoms with E-state index in [9.17, 15) is 4.79 Å². The van der Waals surface area contributed by atoms with Crippen LogP contribution in [0.25, 0.3) is 10.9 Å². The number of methoxy groups -OCH3 is 1. The lowest BCUT2D eigenvalue weighted by molar-refractivity contribution is 0.110. The molecule has 2 aliphatic heterocycles. The fourth-order valence-electron chi connectivity index (χ4n) is 4.83. The van der Waals surface area contributed by atoms with E-state index >= 15 is 0 Å². The third-order valence-electron chi connectivity index (χ3n) is 6.69. The van der Waals surface area contributed by atoms with Gasteiger partial charge in [0, 0.05) is 42.8 Å². The first kappa shape index (κ1) is 20.8. The minimum Gasteiger partial charge on any atom is -0.497 e. The van der Waals surface area contributed by atoms with Crippen molar-refractivity contribution < 1.29 is 14.3 Å². The van der Waals surface area contributed by atoms with Crippen LogP contribution in [0.15, 0.2) is 54.7 Å². The Balaban J connectivity index is 1.25. The van der Waals surface area contributed by atoms with Crippen molar-refractivity contribution in [3.63, 3.8) is 0 Å². The number of fused-ring (bicyclic) bond motifs is 1. The van der Waals surface area contributed by atoms with Gasteiger partial charge < -0.3 is 14.4 Å². The van der Waals surface area contributed by atoms with E-state index < -0.39 is 0 Å². The Morgan fingerprint density at radius 1 is 1.09 bits per heavy atom. The molecule has 32 heavy (non-hydrogen) atoms. The molecule has 2 aliphatic rings. The van der Waals surface area contributed by atoms with Crippen molar-refractivity contribution in [3.8, 4) is 5.75 Å². The van der Waals surface area contributed by atoms with Crippen molar-refractivity contribution in [1.82, 2.24) is 14.8 Å². The fraction of sp³-hybridized carbons (Fsp3) is 0.385. The summed E-state index contributed by atoms with van der Waals surface area (Å²) in [5, 5.41) is 0.972. The number of hydrogen-bond donors (Lipinski definition) is 0. The van der Waals surface area contributed by atoms with Crippen LogP contribution < -0.4 is 4.74 Å². The molecule has 0 bridgehead atoms. The van der Waals surface area contributed by atoms with Gasteiger partial charge in [-0.1, -0.05) is 29.8 Å². The maximum atomic E-state index is 12.8. The van der Waals surface area contributed by atoms with Crippen LogP contribution in [0.5, 0.6) is 5.75 Å². The van der Waals surface area contributed by atoms with Gasteiger partial charge in [-0.3, -0.25) is 9.88 Å². The number of pyridine rings is 1. The average molecular weight is 432 g/mol. The second-order valence-electron chi connectivity index (χ2n) is 8.80. The van der Waals surface area contributed by atoms with E-state index in [1.165, 1.54) is 11.1 Å². The molecule has 0 aliphatic carbocycles. The number of amides is 1. The van der Waals surface area contributed by atoms with Crippen LogP contribution in [0.4, 0.5) is 4.79 Å². The second-order valence-corrected chi connectivity index (χ2v) is 8.80. The number of aryl methyl sites for hydroxylation is 1. The molecule has 3 aromatic rings. The maximum absolute atomic E-state index is 12.8. The monoisotopic (exact) mass is 431 g/mol. The molecule has 3 heterocycles. The van der Waals surface area contributed by atoms with Crippen LogP contribution in [0, 0.1) is 6.92 Å². The maximum Gasteiger partial charge on any atom is 0.410 e. The van der Waals surface area contributed by atoms with Crippen molar-refractivity contribution in [2.24, 2.45) is 0 Å². The molecule has 0 N–H and O–H groups in total. The summed E-state index contributed by atoms with van der Waals surface area (Å²) >= 11 is 0. The number of piperidine rings is 1. The largest absolute Gasteiger partial charge is 0.497 e. The van der Waals surface area contributed by atoms with Crippen LogP contribution in [0.1, 0.15) is 35.6 Å². The third-order valence-corrected chi connectivity index (χ3v) is 6.69. The van der Waals surface area contributed by atoms with Gasteiger partial charge in [-0.05, 0) is 49.6 Å². The topological polar surface area (TPSA) is 54.9 Å². The summed E-state index contributed by atoms with van der Waals surface area (Å²) < 4.78 is 11.2. The van der Waals surface area contributed by atoms with Gasteiger partial charge in [0.2, 0.25) is 0 Å². The number of aromatic nitrogens is 1. The van der Waals surface area contributed by atoms with Crippen molar-refractivity contribution in [2.75, 3.05) is 26.7 Å². The number of ether oxygens (including phenoxy) is 2. The number of carbonyl (C=O) groups excluding carboxylic acids is 1. The number of likely N-dealkylation sites (tertiary alicyclic amines) is 1. The highest BCUT2D eigenvalue weighted by Gasteiger charge is 2.38. The van der Waals surface area contributed by atoms with Gasteiger partial charge in [0.15, 0.2) is 0 Å². The van der Waals surface area contributed by atoms with Gasteiger partial charge in [0.1, 0.15) is 11.9 Å². The fourth-order valence-corrected chi connectivity index (χ4v) is 4.83. The van der Waals surface area contributed by atoms with Crippen molar-refractivity contribution in [1.29, 1.82) is 0 Å². The van der Waals surface area contributed by atoms with Gasteiger partial charge in [0.25, 0.3) is 0 Å². The van der Waals surface area contributed by atoms with E-state index in [0.717, 1.165) is 54.7 Å². The summed E-state index contributed by atoms with van der Waals surface area (Å²) in [6.07, 6.45) is 3.23. The number of benzene rings is 2. The normalized spacial score (nSPS) is 20.0. The summed E-state index contributed by atoms with van der Waals surface area (Å²) in [7, 11) is 1.65. The zero-order chi connectivity index (χ0) is 22.1. The summed E-state index contributed by atoms with van der Waals surface area (Å²) in [6, 6.07) is 16.7. The van der Waals surface area contributed by atoms with Crippen LogP contribution in [0.3, 0.4) is 0 Å². The van der Waals surface area contributed by atoms with E-state index in [4.69, 9.17) is 9.47 Å². The number of nitrogens with zero attached hydrogens (tertiary/aromatic N) is 3. The molecule has 0 saturated carbocycles. The predicted molar refractivity (Wildman–Crippen MR) is 124 cm³/mol. The molecular formula is C26H29N3O3. The van der Waals surface area contributed by atoms with Crippen LogP contribution in [-0.4, -0.2) is 53.7 Å². The van der Waals surface area contributed by atoms with Crippen molar-refractivity contribution in [3.05, 3.63) is 71.4 Å². The molecule has 1 unspecified atom stereocenters. The first-order chi connectivity index (χ1) is 15.6. The standard InChI is InChI=1S/C26H29N3O3/c1-18-3-5-19(6-4-18)16-28-13-10-20(11-14-28)29-17-25(32-26(29)30)22-9-12-27-24-8-7-21(31-2)15-23(22)24/h3-9,12,15,20,25H,10-11,13-14,16-17H2,1-2H3. The molecule has 2 fully saturated rings. The Kier molecular flexibility index (Phi) is 5.70. The van der Waals surface area contributed by atoms with Gasteiger partial charge in [-0.15, -0.1) is 0 Å². The van der Waals surface area contributed by atoms with E-state index in [1.807, 2.05) is 29.2 Å². The summed E-state index contributed by atoms with van der Waals surface area (Å²) in [5.74, 6) is 0.772. The molecule has 1 aromatic heterocycles. The molecule has 1 atom stereocenters. The van der Waals surface area contributed by atoms with Gasteiger partial charge in [0.05, 0.1) is 19.2 Å². The molecule has 1 amide bonds. The Morgan fingerprint density at radius 3 is 2.62 bits per heavy atom. The first-order valence-electron chi connectivity index (χ1n) is 11.3. The smallest absolute Gasteiger partial charge is 0.410 e. The highest BCUT2D eigenvalue weighted by atomic mass is 16.6. The number of carbonyl (C=O) groups is 1. The quantitative estimate of drug-likeness (QED) is 0.586. The second kappa shape index (κ2) is 8.79. The molecule has 2 saturated heterocycles. The number of rotatable bonds is 5. The lowest BCUT2D eigenvalue weighted by Crippen LogP contribution is -2.45. The van der Waals surface area contributed by atoms with Crippen molar-refractivity contribution >= 4 is 17.0 Å². The van der Waals surface area contributed by atoms with Gasteiger partial charge in [-0.2, -0.15) is 0 Å². The Hall–Kier alpha value is -3.12. The molecule has 6 nitrogen and oxygen atoms in total. The number of cyclic esters (lactones) is 1. The summed E-state index contributed by atoms with van der Waals surface area (Å²) in [5.41, 5.74) is 4.49. The Morgan fingerprint density at radius 2 is 1.88 bits per heavy atom. The highest BCUT2D eigenvalue weighted by molar-refractivity contribution is 5.84. The zero-order valence-corrected chi connectivity index (χ0v) is 18.7. The molecular weight excluding hydrogens is 402 g/mol. The molecule has 166 valence electrons. The van der Waals surface area contributed by atoms with Crippen LogP contribution in [-0.2, 0) is 11.3 Å². The van der Waals surface area contributed by atoms with E-state index in [0.29, 0.717) is 6.54 Å². The minimum atomic E-state index is -0.286. The molecule has 5 rings (SSSR count). The molecule has 0 spiro atoms. The van der Waals surface area contributed by atoms with Crippen LogP contribution >= 0.6 is 0 Å². The van der Waals surface area contributed by atoms with E-state index in [2.05, 4.69) is 41.1 Å². The zero-order valence-electron chi connectivity index (χ0n) is 18.7. The highest BCUT2D eigenvalue weighted by Crippen LogP contribution is 2.34. The summed E-state index contributed by atoms with van der Waals surface area (Å²) in [6.45, 7) is 5.64. The minimum absolute atomic E-state index is 0.208. The third kappa shape index (κ3) is 4.15. The lowest BCUT2D eigenvalue weighted by atomic mass is 10.0. The molecule has 0 radical (unpaired) electrons. The SMILES string of the molecule is COc1ccc2nccc(C3CN(C4CCN(Cc5ccc(C)cc5)CC4)C(=O)O3)c2c1. The summed E-state index contributed by atoms with van der Waals surface area (Å²) in [4.78, 5) is 21.6. The Labute approximate surface area is 188 Å². The van der Waals surface area contributed by atoms with Crippen LogP contribution in [0.2, 0.25) is 0 Å². The lowest BCUT2D eigenvalue weighted by Gasteiger charge is -2.35. The number of hydrogen-bond acceptors (Lipinski definition) is 5. The van der Waals surface area contributed by atoms with Crippen molar-refractivity contribution in [2.45, 2.75) is 38.5 Å². The van der Waals surface area contributed by atoms with E-state index in [-0.39, 0.29) is 18.2 Å².